The van der Waals surface area contributed by atoms with E-state index < -0.39 is 10.0 Å². The molecule has 3 N–H and O–H groups in total. The molecule has 1 aromatic heterocycles. The largest absolute Gasteiger partial charge is 0.345 e. The molecule has 0 aliphatic rings. The van der Waals surface area contributed by atoms with E-state index in [2.05, 4.69) is 36.2 Å². The van der Waals surface area contributed by atoms with E-state index in [0.29, 0.717) is 35.7 Å². The van der Waals surface area contributed by atoms with Crippen LogP contribution < -0.4 is 10.5 Å². The number of benzene rings is 2. The van der Waals surface area contributed by atoms with Crippen molar-refractivity contribution < 1.29 is 17.7 Å². The van der Waals surface area contributed by atoms with Gasteiger partial charge in [0.05, 0.1) is 10.9 Å². The second-order valence-corrected chi connectivity index (χ2v) is 10.4. The van der Waals surface area contributed by atoms with E-state index in [0.717, 1.165) is 5.56 Å². The second-order valence-electron chi connectivity index (χ2n) is 8.88. The van der Waals surface area contributed by atoms with Gasteiger partial charge in [0.15, 0.2) is 0 Å². The highest BCUT2D eigenvalue weighted by atomic mass is 32.2. The first-order chi connectivity index (χ1) is 15.0. The third-order valence-electron chi connectivity index (χ3n) is 4.86. The first kappa shape index (κ1) is 23.6. The summed E-state index contributed by atoms with van der Waals surface area (Å²) in [5.74, 6) is 0.773. The molecule has 1 amide bonds. The van der Waals surface area contributed by atoms with Crippen molar-refractivity contribution in [2.75, 3.05) is 0 Å². The van der Waals surface area contributed by atoms with Crippen molar-refractivity contribution >= 4 is 15.9 Å². The summed E-state index contributed by atoms with van der Waals surface area (Å²) in [6.45, 7) is 8.19. The van der Waals surface area contributed by atoms with Crippen molar-refractivity contribution in [1.82, 2.24) is 15.5 Å². The SMILES string of the molecule is CCC(NC(=O)c1ccc(-c2noc(CC(C)(C)C)n2)cc1)c1cccc(S(N)(=O)=O)c1. The molecule has 32 heavy (non-hydrogen) atoms. The molecule has 2 aromatic carbocycles. The zero-order chi connectivity index (χ0) is 23.5. The molecule has 9 heteroatoms. The van der Waals surface area contributed by atoms with Crippen LogP contribution in [0.5, 0.6) is 0 Å². The van der Waals surface area contributed by atoms with Crippen molar-refractivity contribution in [3.05, 3.63) is 65.5 Å². The quantitative estimate of drug-likeness (QED) is 0.556. The Labute approximate surface area is 188 Å². The van der Waals surface area contributed by atoms with Crippen molar-refractivity contribution in [3.63, 3.8) is 0 Å². The summed E-state index contributed by atoms with van der Waals surface area (Å²) >= 11 is 0. The highest BCUT2D eigenvalue weighted by Crippen LogP contribution is 2.23. The molecule has 0 spiro atoms. The van der Waals surface area contributed by atoms with E-state index in [9.17, 15) is 13.2 Å². The Morgan fingerprint density at radius 2 is 1.84 bits per heavy atom. The molecular weight excluding hydrogens is 428 g/mol. The Morgan fingerprint density at radius 3 is 2.44 bits per heavy atom. The van der Waals surface area contributed by atoms with Gasteiger partial charge in [-0.3, -0.25) is 4.79 Å². The summed E-state index contributed by atoms with van der Waals surface area (Å²) < 4.78 is 28.6. The van der Waals surface area contributed by atoms with Gasteiger partial charge in [0, 0.05) is 17.5 Å². The van der Waals surface area contributed by atoms with Crippen LogP contribution in [0.15, 0.2) is 57.9 Å². The smallest absolute Gasteiger partial charge is 0.251 e. The molecule has 0 saturated heterocycles. The first-order valence-corrected chi connectivity index (χ1v) is 11.9. The average Bonchev–Trinajstić information content (AvgIpc) is 3.18. The van der Waals surface area contributed by atoms with Crippen LogP contribution in [0, 0.1) is 5.41 Å². The van der Waals surface area contributed by atoms with E-state index in [1.807, 2.05) is 6.92 Å². The fraction of sp³-hybridized carbons (Fsp3) is 0.348. The maximum absolute atomic E-state index is 12.8. The van der Waals surface area contributed by atoms with Crippen LogP contribution in [0.25, 0.3) is 11.4 Å². The Balaban J connectivity index is 1.73. The van der Waals surface area contributed by atoms with Gasteiger partial charge in [0.1, 0.15) is 0 Å². The minimum atomic E-state index is -3.82. The summed E-state index contributed by atoms with van der Waals surface area (Å²) in [4.78, 5) is 17.2. The number of nitrogens with zero attached hydrogens (tertiary/aromatic N) is 2. The zero-order valence-electron chi connectivity index (χ0n) is 18.6. The van der Waals surface area contributed by atoms with E-state index >= 15 is 0 Å². The van der Waals surface area contributed by atoms with Crippen LogP contribution in [0.2, 0.25) is 0 Å². The van der Waals surface area contributed by atoms with Gasteiger partial charge < -0.3 is 9.84 Å². The van der Waals surface area contributed by atoms with Gasteiger partial charge in [0.2, 0.25) is 21.7 Å². The Hall–Kier alpha value is -3.04. The standard InChI is InChI=1S/C23H28N4O4S/c1-5-19(17-7-6-8-18(13-17)32(24,29)30)25-22(28)16-11-9-15(10-12-16)21-26-20(31-27-21)14-23(2,3)4/h6-13,19H,5,14H2,1-4H3,(H,25,28)(H2,24,29,30). The number of hydrogen-bond donors (Lipinski definition) is 2. The number of hydrogen-bond acceptors (Lipinski definition) is 6. The highest BCUT2D eigenvalue weighted by molar-refractivity contribution is 7.89. The normalized spacial score (nSPS) is 13.0. The van der Waals surface area contributed by atoms with E-state index in [1.165, 1.54) is 12.1 Å². The lowest BCUT2D eigenvalue weighted by molar-refractivity contribution is 0.0935. The van der Waals surface area contributed by atoms with Gasteiger partial charge in [0.25, 0.3) is 5.91 Å². The first-order valence-electron chi connectivity index (χ1n) is 10.3. The van der Waals surface area contributed by atoms with Crippen molar-refractivity contribution in [1.29, 1.82) is 0 Å². The van der Waals surface area contributed by atoms with Crippen LogP contribution >= 0.6 is 0 Å². The fourth-order valence-electron chi connectivity index (χ4n) is 3.24. The lowest BCUT2D eigenvalue weighted by Crippen LogP contribution is -2.28. The van der Waals surface area contributed by atoms with Crippen LogP contribution in [0.1, 0.15) is 62.0 Å². The molecule has 1 heterocycles. The molecule has 1 unspecified atom stereocenters. The molecule has 8 nitrogen and oxygen atoms in total. The van der Waals surface area contributed by atoms with E-state index in [-0.39, 0.29) is 22.3 Å². The molecule has 170 valence electrons. The summed E-state index contributed by atoms with van der Waals surface area (Å²) in [6, 6.07) is 12.8. The topological polar surface area (TPSA) is 128 Å². The third-order valence-corrected chi connectivity index (χ3v) is 5.77. The molecule has 3 rings (SSSR count). The minimum Gasteiger partial charge on any atom is -0.345 e. The van der Waals surface area contributed by atoms with Crippen LogP contribution in [-0.2, 0) is 16.4 Å². The van der Waals surface area contributed by atoms with Gasteiger partial charge in [-0.05, 0) is 41.7 Å². The van der Waals surface area contributed by atoms with Crippen LogP contribution in [0.3, 0.4) is 0 Å². The number of sulfonamides is 1. The number of aromatic nitrogens is 2. The van der Waals surface area contributed by atoms with Crippen molar-refractivity contribution in [3.8, 4) is 11.4 Å². The molecule has 0 aliphatic heterocycles. The number of nitrogens with one attached hydrogen (secondary N) is 1. The molecule has 1 atom stereocenters. The number of rotatable bonds is 7. The molecular formula is C23H28N4O4S. The molecule has 0 saturated carbocycles. The fourth-order valence-corrected chi connectivity index (χ4v) is 3.81. The summed E-state index contributed by atoms with van der Waals surface area (Å²) in [6.07, 6.45) is 1.25. The van der Waals surface area contributed by atoms with Crippen molar-refractivity contribution in [2.45, 2.75) is 51.5 Å². The highest BCUT2D eigenvalue weighted by Gasteiger charge is 2.19. The van der Waals surface area contributed by atoms with Gasteiger partial charge in [-0.25, -0.2) is 13.6 Å². The molecule has 0 fully saturated rings. The Bertz CT molecular complexity index is 1200. The van der Waals surface area contributed by atoms with Crippen LogP contribution in [0.4, 0.5) is 0 Å². The lowest BCUT2D eigenvalue weighted by atomic mass is 9.92. The number of carbonyl (C=O) groups excluding carboxylic acids is 1. The Kier molecular flexibility index (Phi) is 6.80. The van der Waals surface area contributed by atoms with Crippen LogP contribution in [-0.4, -0.2) is 24.5 Å². The zero-order valence-corrected chi connectivity index (χ0v) is 19.4. The van der Waals surface area contributed by atoms with E-state index in [1.54, 1.807) is 36.4 Å². The number of primary sulfonamides is 1. The molecule has 3 aromatic rings. The number of amides is 1. The van der Waals surface area contributed by atoms with E-state index in [4.69, 9.17) is 9.66 Å². The maximum Gasteiger partial charge on any atom is 0.251 e. The second kappa shape index (κ2) is 9.22. The minimum absolute atomic E-state index is 0.0120. The average molecular weight is 457 g/mol. The summed E-state index contributed by atoms with van der Waals surface area (Å²) in [5, 5.41) is 12.2. The lowest BCUT2D eigenvalue weighted by Gasteiger charge is -2.18. The van der Waals surface area contributed by atoms with Gasteiger partial charge >= 0.3 is 0 Å². The molecule has 0 aliphatic carbocycles. The molecule has 0 radical (unpaired) electrons. The van der Waals surface area contributed by atoms with Gasteiger partial charge in [-0.1, -0.05) is 57.1 Å². The Morgan fingerprint density at radius 1 is 1.16 bits per heavy atom. The van der Waals surface area contributed by atoms with Gasteiger partial charge in [-0.15, -0.1) is 0 Å². The summed E-state index contributed by atoms with van der Waals surface area (Å²) in [5.41, 5.74) is 1.92. The maximum atomic E-state index is 12.8. The molecule has 0 bridgehead atoms. The summed E-state index contributed by atoms with van der Waals surface area (Å²) in [7, 11) is -3.82. The monoisotopic (exact) mass is 456 g/mol. The number of nitrogens with two attached hydrogens (primary N) is 1. The van der Waals surface area contributed by atoms with Crippen molar-refractivity contribution in [2.24, 2.45) is 10.6 Å². The number of carbonyl (C=O) groups is 1. The predicted octanol–water partition coefficient (Wildman–Crippen LogP) is 3.85. The third kappa shape index (κ3) is 6.02. The van der Waals surface area contributed by atoms with Gasteiger partial charge in [-0.2, -0.15) is 4.98 Å². The predicted molar refractivity (Wildman–Crippen MR) is 121 cm³/mol.